The molecule has 2 atom stereocenters. The van der Waals surface area contributed by atoms with Crippen LogP contribution in [-0.2, 0) is 0 Å². The van der Waals surface area contributed by atoms with Crippen LogP contribution in [0.25, 0.3) is 0 Å². The van der Waals surface area contributed by atoms with E-state index in [1.807, 2.05) is 32.2 Å². The molecule has 2 rings (SSSR count). The van der Waals surface area contributed by atoms with Crippen molar-refractivity contribution in [2.45, 2.75) is 52.1 Å². The Labute approximate surface area is 126 Å². The van der Waals surface area contributed by atoms with Crippen LogP contribution < -0.4 is 11.1 Å². The molecule has 0 aromatic carbocycles. The number of furan rings is 2. The van der Waals surface area contributed by atoms with E-state index in [2.05, 4.69) is 12.2 Å². The first-order chi connectivity index (χ1) is 10.1. The molecule has 0 saturated heterocycles. The maximum atomic E-state index is 6.33. The highest BCUT2D eigenvalue weighted by atomic mass is 16.3. The zero-order valence-electron chi connectivity index (χ0n) is 13.2. The van der Waals surface area contributed by atoms with Crippen LogP contribution in [0, 0.1) is 13.8 Å². The molecule has 2 aromatic heterocycles. The lowest BCUT2D eigenvalue weighted by Gasteiger charge is -2.19. The fraction of sp³-hybridized carbons (Fsp3) is 0.529. The van der Waals surface area contributed by atoms with Crippen LogP contribution in [-0.4, -0.2) is 6.54 Å². The SMILES string of the molecule is CCCNC(CCC(N)c1cc(C)oc1C)c1ccoc1. The Bertz CT molecular complexity index is 531. The highest BCUT2D eigenvalue weighted by molar-refractivity contribution is 5.23. The zero-order chi connectivity index (χ0) is 15.2. The first-order valence-corrected chi connectivity index (χ1v) is 7.69. The Kier molecular flexibility index (Phi) is 5.65. The van der Waals surface area contributed by atoms with Gasteiger partial charge in [-0.05, 0) is 51.8 Å². The maximum absolute atomic E-state index is 6.33. The van der Waals surface area contributed by atoms with Crippen LogP contribution in [0.15, 0.2) is 33.5 Å². The highest BCUT2D eigenvalue weighted by Crippen LogP contribution is 2.27. The summed E-state index contributed by atoms with van der Waals surface area (Å²) in [6, 6.07) is 4.38. The van der Waals surface area contributed by atoms with Gasteiger partial charge in [0.2, 0.25) is 0 Å². The van der Waals surface area contributed by atoms with Crippen molar-refractivity contribution in [3.05, 3.63) is 47.3 Å². The van der Waals surface area contributed by atoms with Gasteiger partial charge in [-0.25, -0.2) is 0 Å². The van der Waals surface area contributed by atoms with Gasteiger partial charge in [-0.3, -0.25) is 0 Å². The molecule has 21 heavy (non-hydrogen) atoms. The van der Waals surface area contributed by atoms with Crippen LogP contribution in [0.4, 0.5) is 0 Å². The van der Waals surface area contributed by atoms with Crippen molar-refractivity contribution in [3.8, 4) is 0 Å². The Morgan fingerprint density at radius 2 is 2.10 bits per heavy atom. The molecule has 0 spiro atoms. The van der Waals surface area contributed by atoms with Crippen molar-refractivity contribution < 1.29 is 8.83 Å². The molecule has 2 unspecified atom stereocenters. The van der Waals surface area contributed by atoms with Gasteiger partial charge in [0.1, 0.15) is 11.5 Å². The molecule has 116 valence electrons. The smallest absolute Gasteiger partial charge is 0.105 e. The fourth-order valence-electron chi connectivity index (χ4n) is 2.70. The second-order valence-electron chi connectivity index (χ2n) is 5.62. The number of hydrogen-bond acceptors (Lipinski definition) is 4. The molecule has 0 aliphatic carbocycles. The van der Waals surface area contributed by atoms with E-state index < -0.39 is 0 Å². The summed E-state index contributed by atoms with van der Waals surface area (Å²) in [4.78, 5) is 0. The predicted octanol–water partition coefficient (Wildman–Crippen LogP) is 4.01. The largest absolute Gasteiger partial charge is 0.472 e. The number of aryl methyl sites for hydroxylation is 2. The Balaban J connectivity index is 1.96. The van der Waals surface area contributed by atoms with Crippen molar-refractivity contribution >= 4 is 0 Å². The number of rotatable bonds is 8. The fourth-order valence-corrected chi connectivity index (χ4v) is 2.70. The third-order valence-corrected chi connectivity index (χ3v) is 3.83. The molecular formula is C17H26N2O2. The molecular weight excluding hydrogens is 264 g/mol. The quantitative estimate of drug-likeness (QED) is 0.771. The molecule has 0 fully saturated rings. The summed E-state index contributed by atoms with van der Waals surface area (Å²) in [5.74, 6) is 1.86. The molecule has 3 N–H and O–H groups in total. The standard InChI is InChI=1S/C17H26N2O2/c1-4-8-19-17(14-7-9-20-11-14)6-5-16(18)15-10-12(2)21-13(15)3/h7,9-11,16-17,19H,4-6,8,18H2,1-3H3. The van der Waals surface area contributed by atoms with Crippen molar-refractivity contribution in [2.75, 3.05) is 6.54 Å². The van der Waals surface area contributed by atoms with Crippen LogP contribution in [0.3, 0.4) is 0 Å². The van der Waals surface area contributed by atoms with Crippen molar-refractivity contribution in [1.29, 1.82) is 0 Å². The van der Waals surface area contributed by atoms with Gasteiger partial charge in [-0.15, -0.1) is 0 Å². The first-order valence-electron chi connectivity index (χ1n) is 7.69. The third kappa shape index (κ3) is 4.22. The van der Waals surface area contributed by atoms with E-state index in [0.717, 1.165) is 42.9 Å². The first kappa shape index (κ1) is 15.9. The monoisotopic (exact) mass is 290 g/mol. The van der Waals surface area contributed by atoms with Gasteiger partial charge in [0.05, 0.1) is 12.5 Å². The van der Waals surface area contributed by atoms with E-state index in [0.29, 0.717) is 6.04 Å². The lowest BCUT2D eigenvalue weighted by atomic mass is 9.97. The molecule has 4 nitrogen and oxygen atoms in total. The average molecular weight is 290 g/mol. The highest BCUT2D eigenvalue weighted by Gasteiger charge is 2.17. The molecule has 2 heterocycles. The van der Waals surface area contributed by atoms with Gasteiger partial charge < -0.3 is 19.9 Å². The van der Waals surface area contributed by atoms with E-state index >= 15 is 0 Å². The maximum Gasteiger partial charge on any atom is 0.105 e. The van der Waals surface area contributed by atoms with Crippen LogP contribution >= 0.6 is 0 Å². The summed E-state index contributed by atoms with van der Waals surface area (Å²) in [5, 5.41) is 3.56. The topological polar surface area (TPSA) is 64.3 Å². The lowest BCUT2D eigenvalue weighted by Crippen LogP contribution is -2.23. The van der Waals surface area contributed by atoms with E-state index in [1.54, 1.807) is 6.26 Å². The Morgan fingerprint density at radius 1 is 1.29 bits per heavy atom. The van der Waals surface area contributed by atoms with Gasteiger partial charge in [0.15, 0.2) is 0 Å². The predicted molar refractivity (Wildman–Crippen MR) is 84.1 cm³/mol. The third-order valence-electron chi connectivity index (χ3n) is 3.83. The molecule has 4 heteroatoms. The van der Waals surface area contributed by atoms with Gasteiger partial charge in [-0.1, -0.05) is 6.92 Å². The van der Waals surface area contributed by atoms with Crippen LogP contribution in [0.1, 0.15) is 60.9 Å². The molecule has 0 amide bonds. The van der Waals surface area contributed by atoms with Crippen molar-refractivity contribution in [3.63, 3.8) is 0 Å². The van der Waals surface area contributed by atoms with Gasteiger partial charge in [0.25, 0.3) is 0 Å². The number of hydrogen-bond donors (Lipinski definition) is 2. The molecule has 0 saturated carbocycles. The minimum absolute atomic E-state index is 0.0141. The molecule has 0 bridgehead atoms. The lowest BCUT2D eigenvalue weighted by molar-refractivity contribution is 0.448. The van der Waals surface area contributed by atoms with E-state index in [-0.39, 0.29) is 6.04 Å². The Hall–Kier alpha value is -1.52. The van der Waals surface area contributed by atoms with E-state index in [4.69, 9.17) is 14.6 Å². The summed E-state index contributed by atoms with van der Waals surface area (Å²) < 4.78 is 10.8. The molecule has 0 aliphatic rings. The number of nitrogens with one attached hydrogen (secondary N) is 1. The molecule has 2 aromatic rings. The normalized spacial score (nSPS) is 14.3. The van der Waals surface area contributed by atoms with Gasteiger partial charge in [0, 0.05) is 23.2 Å². The second kappa shape index (κ2) is 7.48. The Morgan fingerprint density at radius 3 is 2.67 bits per heavy atom. The van der Waals surface area contributed by atoms with E-state index in [1.165, 1.54) is 5.56 Å². The summed E-state index contributed by atoms with van der Waals surface area (Å²) in [6.07, 6.45) is 6.53. The molecule has 0 aliphatic heterocycles. The van der Waals surface area contributed by atoms with Crippen LogP contribution in [0.5, 0.6) is 0 Å². The van der Waals surface area contributed by atoms with Crippen LogP contribution in [0.2, 0.25) is 0 Å². The second-order valence-corrected chi connectivity index (χ2v) is 5.62. The van der Waals surface area contributed by atoms with E-state index in [9.17, 15) is 0 Å². The van der Waals surface area contributed by atoms with Gasteiger partial charge in [-0.2, -0.15) is 0 Å². The van der Waals surface area contributed by atoms with Crippen molar-refractivity contribution in [2.24, 2.45) is 5.73 Å². The van der Waals surface area contributed by atoms with Gasteiger partial charge >= 0.3 is 0 Å². The minimum Gasteiger partial charge on any atom is -0.472 e. The molecule has 0 radical (unpaired) electrons. The summed E-state index contributed by atoms with van der Waals surface area (Å²) >= 11 is 0. The summed E-state index contributed by atoms with van der Waals surface area (Å²) in [5.41, 5.74) is 8.64. The average Bonchev–Trinajstić information content (AvgIpc) is 3.08. The summed E-state index contributed by atoms with van der Waals surface area (Å²) in [7, 11) is 0. The summed E-state index contributed by atoms with van der Waals surface area (Å²) in [6.45, 7) is 7.10. The minimum atomic E-state index is 0.0141. The zero-order valence-corrected chi connectivity index (χ0v) is 13.2. The van der Waals surface area contributed by atoms with Crippen molar-refractivity contribution in [1.82, 2.24) is 5.32 Å². The number of nitrogens with two attached hydrogens (primary N) is 1.